The van der Waals surface area contributed by atoms with Gasteiger partial charge in [0.2, 0.25) is 11.9 Å². The molecule has 0 fully saturated rings. The third kappa shape index (κ3) is 5.52. The van der Waals surface area contributed by atoms with E-state index in [1.807, 2.05) is 18.2 Å². The van der Waals surface area contributed by atoms with E-state index in [4.69, 9.17) is 11.6 Å². The van der Waals surface area contributed by atoms with Crippen molar-refractivity contribution in [1.82, 2.24) is 20.2 Å². The topological polar surface area (TPSA) is 99.2 Å². The Hall–Kier alpha value is -3.49. The fourth-order valence-electron chi connectivity index (χ4n) is 3.83. The number of carbonyl (C=O) groups is 2. The standard InChI is InChI=1S/C25H27ClN6O2/c1-3-32(4-2)12-11-27-24(34)16-5-8-19(9-6-16)29-25-28-15-17-13-22(33)30-21-14-18(26)7-10-20(21)23(17)31-25/h5-10,14-15H,3-4,11-13H2,1-2H3,(H,27,34)(H,30,33)(H,28,29,31). The fraction of sp³-hybridized carbons (Fsp3) is 0.280. The molecule has 0 saturated carbocycles. The molecule has 3 N–H and O–H groups in total. The van der Waals surface area contributed by atoms with Crippen LogP contribution in [-0.4, -0.2) is 52.9 Å². The van der Waals surface area contributed by atoms with Crippen molar-refractivity contribution in [3.05, 3.63) is 64.8 Å². The van der Waals surface area contributed by atoms with E-state index in [1.54, 1.807) is 30.5 Å². The summed E-state index contributed by atoms with van der Waals surface area (Å²) < 4.78 is 0. The van der Waals surface area contributed by atoms with E-state index in [-0.39, 0.29) is 18.2 Å². The molecular weight excluding hydrogens is 452 g/mol. The van der Waals surface area contributed by atoms with E-state index in [9.17, 15) is 9.59 Å². The highest BCUT2D eigenvalue weighted by molar-refractivity contribution is 6.31. The molecule has 0 aliphatic carbocycles. The molecule has 8 nitrogen and oxygen atoms in total. The van der Waals surface area contributed by atoms with Gasteiger partial charge in [0.25, 0.3) is 5.91 Å². The van der Waals surface area contributed by atoms with Crippen molar-refractivity contribution in [3.8, 4) is 11.3 Å². The smallest absolute Gasteiger partial charge is 0.251 e. The number of likely N-dealkylation sites (N-methyl/N-ethyl adjacent to an activating group) is 1. The Morgan fingerprint density at radius 1 is 1.15 bits per heavy atom. The quantitative estimate of drug-likeness (QED) is 0.450. The number of rotatable bonds is 8. The number of carbonyl (C=O) groups excluding carboxylic acids is 2. The second kappa shape index (κ2) is 10.6. The molecule has 9 heteroatoms. The van der Waals surface area contributed by atoms with E-state index < -0.39 is 0 Å². The molecule has 0 unspecified atom stereocenters. The van der Waals surface area contributed by atoms with E-state index in [0.717, 1.165) is 36.4 Å². The van der Waals surface area contributed by atoms with Gasteiger partial charge in [-0.05, 0) is 55.6 Å². The molecule has 34 heavy (non-hydrogen) atoms. The zero-order valence-corrected chi connectivity index (χ0v) is 19.9. The number of nitrogens with zero attached hydrogens (tertiary/aromatic N) is 3. The lowest BCUT2D eigenvalue weighted by molar-refractivity contribution is -0.115. The molecule has 3 aromatic rings. The molecule has 0 bridgehead atoms. The van der Waals surface area contributed by atoms with Gasteiger partial charge in [0.15, 0.2) is 0 Å². The van der Waals surface area contributed by atoms with Crippen LogP contribution >= 0.6 is 11.6 Å². The molecule has 0 radical (unpaired) electrons. The van der Waals surface area contributed by atoms with Gasteiger partial charge in [-0.1, -0.05) is 25.4 Å². The summed E-state index contributed by atoms with van der Waals surface area (Å²) in [7, 11) is 0. The molecule has 176 valence electrons. The first kappa shape index (κ1) is 23.7. The number of halogens is 1. The number of hydrogen-bond donors (Lipinski definition) is 3. The third-order valence-corrected chi connectivity index (χ3v) is 5.97. The predicted octanol–water partition coefficient (Wildman–Crippen LogP) is 4.11. The second-order valence-electron chi connectivity index (χ2n) is 7.97. The van der Waals surface area contributed by atoms with Crippen molar-refractivity contribution < 1.29 is 9.59 Å². The fourth-order valence-corrected chi connectivity index (χ4v) is 4.00. The van der Waals surface area contributed by atoms with E-state index in [1.165, 1.54) is 0 Å². The third-order valence-electron chi connectivity index (χ3n) is 5.74. The van der Waals surface area contributed by atoms with Gasteiger partial charge < -0.3 is 20.9 Å². The van der Waals surface area contributed by atoms with Gasteiger partial charge in [-0.25, -0.2) is 9.97 Å². The van der Waals surface area contributed by atoms with Gasteiger partial charge in [0.05, 0.1) is 17.8 Å². The van der Waals surface area contributed by atoms with E-state index in [2.05, 4.69) is 44.7 Å². The Bertz CT molecular complexity index is 1190. The molecule has 0 saturated heterocycles. The molecule has 1 aromatic heterocycles. The van der Waals surface area contributed by atoms with Crippen molar-refractivity contribution >= 4 is 40.7 Å². The predicted molar refractivity (Wildman–Crippen MR) is 135 cm³/mol. The van der Waals surface area contributed by atoms with Crippen LogP contribution < -0.4 is 16.0 Å². The van der Waals surface area contributed by atoms with Crippen LogP contribution in [0.15, 0.2) is 48.7 Å². The molecule has 2 aromatic carbocycles. The van der Waals surface area contributed by atoms with Crippen LogP contribution in [0.25, 0.3) is 11.3 Å². The Morgan fingerprint density at radius 3 is 2.65 bits per heavy atom. The monoisotopic (exact) mass is 478 g/mol. The summed E-state index contributed by atoms with van der Waals surface area (Å²) in [5.41, 5.74) is 4.15. The minimum Gasteiger partial charge on any atom is -0.351 e. The van der Waals surface area contributed by atoms with Crippen LogP contribution in [0, 0.1) is 0 Å². The minimum absolute atomic E-state index is 0.104. The van der Waals surface area contributed by atoms with Crippen LogP contribution in [0.2, 0.25) is 5.02 Å². The molecular formula is C25H27ClN6O2. The Morgan fingerprint density at radius 2 is 1.91 bits per heavy atom. The number of anilines is 3. The summed E-state index contributed by atoms with van der Waals surface area (Å²) in [6.45, 7) is 7.57. The number of benzene rings is 2. The molecule has 2 heterocycles. The molecule has 1 aliphatic heterocycles. The Labute approximate surface area is 203 Å². The van der Waals surface area contributed by atoms with E-state index >= 15 is 0 Å². The lowest BCUT2D eigenvalue weighted by atomic mass is 10.1. The highest BCUT2D eigenvalue weighted by atomic mass is 35.5. The van der Waals surface area contributed by atoms with E-state index in [0.29, 0.717) is 34.5 Å². The summed E-state index contributed by atoms with van der Waals surface area (Å²) in [6, 6.07) is 12.5. The number of nitrogens with one attached hydrogen (secondary N) is 3. The van der Waals surface area contributed by atoms with Crippen molar-refractivity contribution in [2.75, 3.05) is 36.8 Å². The molecule has 1 aliphatic rings. The van der Waals surface area contributed by atoms with Gasteiger partial charge in [0, 0.05) is 46.7 Å². The van der Waals surface area contributed by atoms with Crippen molar-refractivity contribution in [2.45, 2.75) is 20.3 Å². The van der Waals surface area contributed by atoms with Crippen molar-refractivity contribution in [3.63, 3.8) is 0 Å². The molecule has 2 amide bonds. The maximum atomic E-state index is 12.4. The maximum Gasteiger partial charge on any atom is 0.251 e. The minimum atomic E-state index is -0.141. The lowest BCUT2D eigenvalue weighted by Gasteiger charge is -2.18. The van der Waals surface area contributed by atoms with Crippen LogP contribution in [0.5, 0.6) is 0 Å². The van der Waals surface area contributed by atoms with Gasteiger partial charge in [0.1, 0.15) is 0 Å². The summed E-state index contributed by atoms with van der Waals surface area (Å²) in [5, 5.41) is 9.54. The zero-order chi connectivity index (χ0) is 24.1. The van der Waals surface area contributed by atoms with Crippen molar-refractivity contribution in [2.24, 2.45) is 0 Å². The number of amides is 2. The van der Waals surface area contributed by atoms with Crippen LogP contribution in [0.4, 0.5) is 17.3 Å². The SMILES string of the molecule is CCN(CC)CCNC(=O)c1ccc(Nc2ncc3c(n2)-c2ccc(Cl)cc2NC(=O)C3)cc1. The molecule has 4 rings (SSSR count). The summed E-state index contributed by atoms with van der Waals surface area (Å²) in [4.78, 5) is 36.0. The van der Waals surface area contributed by atoms with Crippen molar-refractivity contribution in [1.29, 1.82) is 0 Å². The summed E-state index contributed by atoms with van der Waals surface area (Å²) in [6.07, 6.45) is 1.84. The first-order chi connectivity index (χ1) is 16.5. The normalized spacial score (nSPS) is 12.4. The molecule has 0 spiro atoms. The maximum absolute atomic E-state index is 12.4. The largest absolute Gasteiger partial charge is 0.351 e. The summed E-state index contributed by atoms with van der Waals surface area (Å²) >= 11 is 6.11. The lowest BCUT2D eigenvalue weighted by Crippen LogP contribution is -2.34. The first-order valence-electron chi connectivity index (χ1n) is 11.3. The number of fused-ring (bicyclic) bond motifs is 3. The highest BCUT2D eigenvalue weighted by Gasteiger charge is 2.21. The average molecular weight is 479 g/mol. The highest BCUT2D eigenvalue weighted by Crippen LogP contribution is 2.34. The van der Waals surface area contributed by atoms with Crippen LogP contribution in [0.1, 0.15) is 29.8 Å². The second-order valence-corrected chi connectivity index (χ2v) is 8.40. The number of aromatic nitrogens is 2. The molecule has 0 atom stereocenters. The van der Waals surface area contributed by atoms with Crippen LogP contribution in [-0.2, 0) is 11.2 Å². The first-order valence-corrected chi connectivity index (χ1v) is 11.7. The van der Waals surface area contributed by atoms with Gasteiger partial charge in [-0.2, -0.15) is 0 Å². The Kier molecular flexibility index (Phi) is 7.40. The number of hydrogen-bond acceptors (Lipinski definition) is 6. The van der Waals surface area contributed by atoms with Gasteiger partial charge in [-0.3, -0.25) is 9.59 Å². The van der Waals surface area contributed by atoms with Crippen LogP contribution in [0.3, 0.4) is 0 Å². The zero-order valence-electron chi connectivity index (χ0n) is 19.2. The average Bonchev–Trinajstić information content (AvgIpc) is 2.96. The van der Waals surface area contributed by atoms with Gasteiger partial charge >= 0.3 is 0 Å². The van der Waals surface area contributed by atoms with Gasteiger partial charge in [-0.15, -0.1) is 0 Å². The Balaban J connectivity index is 1.47. The summed E-state index contributed by atoms with van der Waals surface area (Å²) in [5.74, 6) is 0.149.